The van der Waals surface area contributed by atoms with Crippen LogP contribution < -0.4 is 5.32 Å². The van der Waals surface area contributed by atoms with Gasteiger partial charge in [0, 0.05) is 31.9 Å². The number of nitrogens with zero attached hydrogens (tertiary/aromatic N) is 2. The molecule has 0 aliphatic carbocycles. The number of imidazole rings is 1. The Bertz CT molecular complexity index is 557. The van der Waals surface area contributed by atoms with Crippen molar-refractivity contribution in [2.24, 2.45) is 7.05 Å². The van der Waals surface area contributed by atoms with E-state index in [0.29, 0.717) is 6.04 Å². The maximum Gasteiger partial charge on any atom is 0.110 e. The highest BCUT2D eigenvalue weighted by atomic mass is 15.0. The van der Waals surface area contributed by atoms with E-state index >= 15 is 0 Å². The van der Waals surface area contributed by atoms with Crippen molar-refractivity contribution in [2.45, 2.75) is 39.7 Å². The molecule has 0 aliphatic rings. The molecule has 2 rings (SSSR count). The lowest BCUT2D eigenvalue weighted by molar-refractivity contribution is 0.509. The maximum atomic E-state index is 4.46. The number of nitrogens with one attached hydrogen (secondary N) is 1. The Kier molecular flexibility index (Phi) is 4.96. The topological polar surface area (TPSA) is 29.9 Å². The highest BCUT2D eigenvalue weighted by molar-refractivity contribution is 5.35. The molecule has 0 radical (unpaired) electrons. The summed E-state index contributed by atoms with van der Waals surface area (Å²) in [6, 6.07) is 6.89. The molecule has 0 aliphatic heterocycles. The molecule has 0 saturated heterocycles. The summed E-state index contributed by atoms with van der Waals surface area (Å²) in [5.41, 5.74) is 4.13. The molecule has 1 aromatic heterocycles. The van der Waals surface area contributed by atoms with Crippen LogP contribution in [0.3, 0.4) is 0 Å². The first-order valence-electron chi connectivity index (χ1n) is 7.39. The molecule has 1 aromatic carbocycles. The Morgan fingerprint density at radius 1 is 1.30 bits per heavy atom. The number of hydrogen-bond donors (Lipinski definition) is 1. The third-order valence-corrected chi connectivity index (χ3v) is 3.97. The van der Waals surface area contributed by atoms with Gasteiger partial charge in [0.05, 0.1) is 0 Å². The third kappa shape index (κ3) is 3.28. The summed E-state index contributed by atoms with van der Waals surface area (Å²) in [4.78, 5) is 4.46. The van der Waals surface area contributed by atoms with Crippen LogP contribution in [0.5, 0.6) is 0 Å². The van der Waals surface area contributed by atoms with E-state index in [9.17, 15) is 0 Å². The Labute approximate surface area is 122 Å². The van der Waals surface area contributed by atoms with Crippen molar-refractivity contribution < 1.29 is 0 Å². The summed E-state index contributed by atoms with van der Waals surface area (Å²) in [6.07, 6.45) is 5.94. The monoisotopic (exact) mass is 271 g/mol. The lowest BCUT2D eigenvalue weighted by atomic mass is 9.95. The predicted octanol–water partition coefficient (Wildman–Crippen LogP) is 3.32. The largest absolute Gasteiger partial charge is 0.338 e. The lowest BCUT2D eigenvalue weighted by Crippen LogP contribution is -2.26. The number of hydrogen-bond acceptors (Lipinski definition) is 2. The van der Waals surface area contributed by atoms with E-state index in [2.05, 4.69) is 60.9 Å². The van der Waals surface area contributed by atoms with Gasteiger partial charge in [-0.1, -0.05) is 25.1 Å². The van der Waals surface area contributed by atoms with Crippen LogP contribution in [0.1, 0.15) is 41.9 Å². The molecule has 2 aromatic rings. The average molecular weight is 271 g/mol. The summed E-state index contributed by atoms with van der Waals surface area (Å²) >= 11 is 0. The Morgan fingerprint density at radius 3 is 2.75 bits per heavy atom. The normalized spacial score (nSPS) is 12.6. The fraction of sp³-hybridized carbons (Fsp3) is 0.471. The smallest absolute Gasteiger partial charge is 0.110 e. The van der Waals surface area contributed by atoms with Crippen molar-refractivity contribution in [2.75, 3.05) is 6.54 Å². The molecule has 1 N–H and O–H groups in total. The fourth-order valence-corrected chi connectivity index (χ4v) is 2.54. The van der Waals surface area contributed by atoms with Crippen LogP contribution in [-0.4, -0.2) is 16.1 Å². The second-order valence-corrected chi connectivity index (χ2v) is 5.45. The van der Waals surface area contributed by atoms with E-state index in [1.165, 1.54) is 16.7 Å². The van der Waals surface area contributed by atoms with E-state index in [1.807, 2.05) is 12.4 Å². The molecule has 0 fully saturated rings. The van der Waals surface area contributed by atoms with E-state index in [0.717, 1.165) is 25.2 Å². The highest BCUT2D eigenvalue weighted by Crippen LogP contribution is 2.23. The highest BCUT2D eigenvalue weighted by Gasteiger charge is 2.16. The van der Waals surface area contributed by atoms with E-state index in [-0.39, 0.29) is 0 Å². The van der Waals surface area contributed by atoms with Gasteiger partial charge >= 0.3 is 0 Å². The Balaban J connectivity index is 2.27. The van der Waals surface area contributed by atoms with Crippen LogP contribution in [0.25, 0.3) is 0 Å². The minimum atomic E-state index is 0.330. The van der Waals surface area contributed by atoms with Gasteiger partial charge in [-0.15, -0.1) is 0 Å². The number of benzene rings is 1. The zero-order chi connectivity index (χ0) is 14.5. The second-order valence-electron chi connectivity index (χ2n) is 5.45. The lowest BCUT2D eigenvalue weighted by Gasteiger charge is -2.21. The molecule has 3 nitrogen and oxygen atoms in total. The van der Waals surface area contributed by atoms with Crippen LogP contribution in [0.2, 0.25) is 0 Å². The molecule has 3 heteroatoms. The number of aryl methyl sites for hydroxylation is 2. The van der Waals surface area contributed by atoms with E-state index in [1.54, 1.807) is 0 Å². The minimum Gasteiger partial charge on any atom is -0.338 e. The van der Waals surface area contributed by atoms with Crippen molar-refractivity contribution in [3.05, 3.63) is 53.1 Å². The van der Waals surface area contributed by atoms with Crippen LogP contribution in [0.4, 0.5) is 0 Å². The molecule has 0 bridgehead atoms. The van der Waals surface area contributed by atoms with Gasteiger partial charge in [0.1, 0.15) is 5.82 Å². The molecular weight excluding hydrogens is 246 g/mol. The molecule has 1 atom stereocenters. The summed E-state index contributed by atoms with van der Waals surface area (Å²) in [5, 5.41) is 3.67. The van der Waals surface area contributed by atoms with Crippen molar-refractivity contribution in [1.29, 1.82) is 0 Å². The molecule has 0 amide bonds. The van der Waals surface area contributed by atoms with Crippen LogP contribution >= 0.6 is 0 Å². The van der Waals surface area contributed by atoms with Crippen LogP contribution in [-0.2, 0) is 13.5 Å². The van der Waals surface area contributed by atoms with Crippen molar-refractivity contribution >= 4 is 0 Å². The maximum absolute atomic E-state index is 4.46. The van der Waals surface area contributed by atoms with Gasteiger partial charge in [-0.25, -0.2) is 4.98 Å². The first kappa shape index (κ1) is 14.8. The minimum absolute atomic E-state index is 0.330. The first-order valence-corrected chi connectivity index (χ1v) is 7.39. The summed E-state index contributed by atoms with van der Waals surface area (Å²) in [7, 11) is 2.06. The SMILES string of the molecule is CCCNC(Cc1nccn1C)c1cccc(C)c1C. The number of aromatic nitrogens is 2. The van der Waals surface area contributed by atoms with Crippen molar-refractivity contribution in [3.8, 4) is 0 Å². The molecule has 1 heterocycles. The van der Waals surface area contributed by atoms with Gasteiger partial charge in [-0.3, -0.25) is 0 Å². The van der Waals surface area contributed by atoms with Gasteiger partial charge in [0.2, 0.25) is 0 Å². The van der Waals surface area contributed by atoms with E-state index < -0.39 is 0 Å². The molecule has 0 saturated carbocycles. The average Bonchev–Trinajstić information content (AvgIpc) is 2.83. The van der Waals surface area contributed by atoms with Crippen LogP contribution in [0.15, 0.2) is 30.6 Å². The molecule has 20 heavy (non-hydrogen) atoms. The predicted molar refractivity (Wildman–Crippen MR) is 83.9 cm³/mol. The van der Waals surface area contributed by atoms with Gasteiger partial charge < -0.3 is 9.88 Å². The van der Waals surface area contributed by atoms with Gasteiger partial charge in [0.25, 0.3) is 0 Å². The van der Waals surface area contributed by atoms with Crippen LogP contribution in [0, 0.1) is 13.8 Å². The summed E-state index contributed by atoms with van der Waals surface area (Å²) < 4.78 is 2.10. The van der Waals surface area contributed by atoms with Gasteiger partial charge in [-0.2, -0.15) is 0 Å². The first-order chi connectivity index (χ1) is 9.63. The van der Waals surface area contributed by atoms with Crippen molar-refractivity contribution in [1.82, 2.24) is 14.9 Å². The molecule has 108 valence electrons. The fourth-order valence-electron chi connectivity index (χ4n) is 2.54. The van der Waals surface area contributed by atoms with Crippen molar-refractivity contribution in [3.63, 3.8) is 0 Å². The third-order valence-electron chi connectivity index (χ3n) is 3.97. The van der Waals surface area contributed by atoms with Gasteiger partial charge in [-0.05, 0) is 43.5 Å². The zero-order valence-corrected chi connectivity index (χ0v) is 13.0. The number of rotatable bonds is 6. The Morgan fingerprint density at radius 2 is 2.10 bits per heavy atom. The zero-order valence-electron chi connectivity index (χ0n) is 13.0. The summed E-state index contributed by atoms with van der Waals surface area (Å²) in [6.45, 7) is 7.62. The standard InChI is InChI=1S/C17H25N3/c1-5-9-18-16(12-17-19-10-11-20(17)4)15-8-6-7-13(2)14(15)3/h6-8,10-11,16,18H,5,9,12H2,1-4H3. The second kappa shape index (κ2) is 6.71. The Hall–Kier alpha value is -1.61. The summed E-state index contributed by atoms with van der Waals surface area (Å²) in [5.74, 6) is 1.12. The quantitative estimate of drug-likeness (QED) is 0.873. The molecule has 0 spiro atoms. The van der Waals surface area contributed by atoms with E-state index in [4.69, 9.17) is 0 Å². The van der Waals surface area contributed by atoms with Gasteiger partial charge in [0.15, 0.2) is 0 Å². The molecular formula is C17H25N3. The molecule has 1 unspecified atom stereocenters.